The lowest BCUT2D eigenvalue weighted by molar-refractivity contribution is 0.0587. The van der Waals surface area contributed by atoms with E-state index >= 15 is 0 Å². The zero-order chi connectivity index (χ0) is 17.0. The van der Waals surface area contributed by atoms with Gasteiger partial charge in [0, 0.05) is 5.56 Å². The lowest BCUT2D eigenvalue weighted by Crippen LogP contribution is -2.16. The lowest BCUT2D eigenvalue weighted by Gasteiger charge is -2.11. The maximum absolute atomic E-state index is 12.2. The van der Waals surface area contributed by atoms with Crippen LogP contribution in [0.2, 0.25) is 0 Å². The van der Waals surface area contributed by atoms with E-state index in [2.05, 4.69) is 14.8 Å². The van der Waals surface area contributed by atoms with Gasteiger partial charge in [0.25, 0.3) is 5.91 Å². The average Bonchev–Trinajstić information content (AvgIpc) is 2.99. The van der Waals surface area contributed by atoms with Crippen LogP contribution in [0.3, 0.4) is 0 Å². The highest BCUT2D eigenvalue weighted by Crippen LogP contribution is 2.21. The molecule has 0 aliphatic heterocycles. The SMILES string of the molecule is COC(=O)c1ccc(C(=O)OC)c(NC(=O)c2occc2C)c1. The number of amides is 1. The largest absolute Gasteiger partial charge is 0.465 e. The maximum Gasteiger partial charge on any atom is 0.339 e. The molecule has 120 valence electrons. The van der Waals surface area contributed by atoms with Crippen LogP contribution < -0.4 is 5.32 Å². The molecule has 0 radical (unpaired) electrons. The Morgan fingerprint density at radius 1 is 1.04 bits per heavy atom. The van der Waals surface area contributed by atoms with Gasteiger partial charge in [-0.3, -0.25) is 4.79 Å². The summed E-state index contributed by atoms with van der Waals surface area (Å²) in [7, 11) is 2.46. The van der Waals surface area contributed by atoms with Crippen LogP contribution >= 0.6 is 0 Å². The van der Waals surface area contributed by atoms with E-state index in [-0.39, 0.29) is 22.6 Å². The van der Waals surface area contributed by atoms with Crippen LogP contribution in [0.25, 0.3) is 0 Å². The third-order valence-electron chi connectivity index (χ3n) is 3.16. The van der Waals surface area contributed by atoms with Gasteiger partial charge < -0.3 is 19.2 Å². The Kier molecular flexibility index (Phi) is 4.80. The number of carbonyl (C=O) groups excluding carboxylic acids is 3. The summed E-state index contributed by atoms with van der Waals surface area (Å²) in [5.41, 5.74) is 1.07. The lowest BCUT2D eigenvalue weighted by atomic mass is 10.1. The van der Waals surface area contributed by atoms with Gasteiger partial charge in [0.15, 0.2) is 5.76 Å². The Hall–Kier alpha value is -3.09. The van der Waals surface area contributed by atoms with Crippen LogP contribution in [0.1, 0.15) is 36.8 Å². The van der Waals surface area contributed by atoms with Gasteiger partial charge >= 0.3 is 11.9 Å². The Labute approximate surface area is 132 Å². The molecule has 0 fully saturated rings. The Bertz CT molecular complexity index is 762. The Morgan fingerprint density at radius 2 is 1.74 bits per heavy atom. The Balaban J connectivity index is 2.41. The van der Waals surface area contributed by atoms with Gasteiger partial charge in [0.1, 0.15) is 0 Å². The molecule has 0 saturated heterocycles. The first-order valence-electron chi connectivity index (χ1n) is 6.64. The maximum atomic E-state index is 12.2. The zero-order valence-corrected chi connectivity index (χ0v) is 12.8. The van der Waals surface area contributed by atoms with Crippen molar-refractivity contribution < 1.29 is 28.3 Å². The van der Waals surface area contributed by atoms with Crippen LogP contribution in [0.4, 0.5) is 5.69 Å². The smallest absolute Gasteiger partial charge is 0.339 e. The van der Waals surface area contributed by atoms with Crippen molar-refractivity contribution in [3.8, 4) is 0 Å². The number of methoxy groups -OCH3 is 2. The van der Waals surface area contributed by atoms with Crippen LogP contribution in [0.15, 0.2) is 34.9 Å². The zero-order valence-electron chi connectivity index (χ0n) is 12.8. The molecule has 0 aliphatic carbocycles. The van der Waals surface area contributed by atoms with E-state index in [0.29, 0.717) is 5.56 Å². The number of anilines is 1. The number of ether oxygens (including phenoxy) is 2. The highest BCUT2D eigenvalue weighted by atomic mass is 16.5. The van der Waals surface area contributed by atoms with Crippen LogP contribution in [-0.4, -0.2) is 32.1 Å². The third-order valence-corrected chi connectivity index (χ3v) is 3.16. The second kappa shape index (κ2) is 6.78. The van der Waals surface area contributed by atoms with Crippen molar-refractivity contribution in [3.05, 3.63) is 53.0 Å². The van der Waals surface area contributed by atoms with E-state index in [0.717, 1.165) is 0 Å². The predicted octanol–water partition coefficient (Wildman–Crippen LogP) is 2.41. The van der Waals surface area contributed by atoms with Gasteiger partial charge in [-0.05, 0) is 31.2 Å². The molecule has 23 heavy (non-hydrogen) atoms. The first-order valence-corrected chi connectivity index (χ1v) is 6.64. The molecule has 0 unspecified atom stereocenters. The normalized spacial score (nSPS) is 10.0. The van der Waals surface area contributed by atoms with Gasteiger partial charge in [-0.2, -0.15) is 0 Å². The topological polar surface area (TPSA) is 94.8 Å². The van der Waals surface area contributed by atoms with Gasteiger partial charge in [0.05, 0.1) is 37.3 Å². The van der Waals surface area contributed by atoms with Crippen LogP contribution in [0.5, 0.6) is 0 Å². The van der Waals surface area contributed by atoms with E-state index in [1.165, 1.54) is 38.7 Å². The number of hydrogen-bond acceptors (Lipinski definition) is 6. The monoisotopic (exact) mass is 317 g/mol. The van der Waals surface area contributed by atoms with E-state index in [9.17, 15) is 14.4 Å². The van der Waals surface area contributed by atoms with Gasteiger partial charge in [-0.1, -0.05) is 0 Å². The molecule has 0 atom stereocenters. The van der Waals surface area contributed by atoms with E-state index in [1.54, 1.807) is 13.0 Å². The van der Waals surface area contributed by atoms with Gasteiger partial charge in [-0.25, -0.2) is 9.59 Å². The first kappa shape index (κ1) is 16.3. The summed E-state index contributed by atoms with van der Waals surface area (Å²) >= 11 is 0. The number of benzene rings is 1. The quantitative estimate of drug-likeness (QED) is 0.870. The summed E-state index contributed by atoms with van der Waals surface area (Å²) in [5.74, 6) is -1.66. The number of nitrogens with one attached hydrogen (secondary N) is 1. The fourth-order valence-corrected chi connectivity index (χ4v) is 1.96. The minimum atomic E-state index is -0.645. The van der Waals surface area contributed by atoms with Crippen LogP contribution in [0, 0.1) is 6.92 Å². The molecule has 1 aromatic carbocycles. The summed E-state index contributed by atoms with van der Waals surface area (Å²) in [5, 5.41) is 2.55. The minimum absolute atomic E-state index is 0.109. The fourth-order valence-electron chi connectivity index (χ4n) is 1.96. The van der Waals surface area contributed by atoms with Gasteiger partial charge in [-0.15, -0.1) is 0 Å². The molecule has 1 N–H and O–H groups in total. The molecule has 0 bridgehead atoms. The molecular weight excluding hydrogens is 302 g/mol. The number of carbonyl (C=O) groups is 3. The van der Waals surface area contributed by atoms with Crippen molar-refractivity contribution in [2.45, 2.75) is 6.92 Å². The van der Waals surface area contributed by atoms with Crippen molar-refractivity contribution in [1.29, 1.82) is 0 Å². The first-order chi connectivity index (χ1) is 11.0. The summed E-state index contributed by atoms with van der Waals surface area (Å²) in [4.78, 5) is 35.7. The molecule has 2 rings (SSSR count). The summed E-state index contributed by atoms with van der Waals surface area (Å²) in [6.07, 6.45) is 1.39. The second-order valence-corrected chi connectivity index (χ2v) is 4.63. The van der Waals surface area contributed by atoms with Crippen molar-refractivity contribution in [2.75, 3.05) is 19.5 Å². The van der Waals surface area contributed by atoms with E-state index in [1.807, 2.05) is 0 Å². The molecule has 0 saturated carbocycles. The van der Waals surface area contributed by atoms with Crippen molar-refractivity contribution in [1.82, 2.24) is 0 Å². The highest BCUT2D eigenvalue weighted by molar-refractivity contribution is 6.08. The molecule has 7 nitrogen and oxygen atoms in total. The molecular formula is C16H15NO6. The summed E-state index contributed by atoms with van der Waals surface area (Å²) in [6.45, 7) is 1.71. The number of furan rings is 1. The molecule has 1 heterocycles. The molecule has 0 spiro atoms. The molecule has 2 aromatic rings. The molecule has 1 aromatic heterocycles. The fraction of sp³-hybridized carbons (Fsp3) is 0.188. The number of aryl methyl sites for hydroxylation is 1. The number of hydrogen-bond donors (Lipinski definition) is 1. The van der Waals surface area contributed by atoms with E-state index < -0.39 is 17.8 Å². The average molecular weight is 317 g/mol. The number of rotatable bonds is 4. The van der Waals surface area contributed by atoms with Crippen molar-refractivity contribution in [3.63, 3.8) is 0 Å². The third kappa shape index (κ3) is 3.39. The summed E-state index contributed by atoms with van der Waals surface area (Å²) < 4.78 is 14.4. The van der Waals surface area contributed by atoms with Crippen LogP contribution in [-0.2, 0) is 9.47 Å². The standard InChI is InChI=1S/C16H15NO6/c1-9-6-7-23-13(9)14(18)17-12-8-10(15(19)21-2)4-5-11(12)16(20)22-3/h4-8H,1-3H3,(H,17,18). The van der Waals surface area contributed by atoms with Gasteiger partial charge in [0.2, 0.25) is 0 Å². The van der Waals surface area contributed by atoms with Crippen molar-refractivity contribution >= 4 is 23.5 Å². The molecule has 0 aliphatic rings. The number of esters is 2. The second-order valence-electron chi connectivity index (χ2n) is 4.63. The van der Waals surface area contributed by atoms with E-state index in [4.69, 9.17) is 4.42 Å². The predicted molar refractivity (Wildman–Crippen MR) is 80.5 cm³/mol. The van der Waals surface area contributed by atoms with Crippen molar-refractivity contribution in [2.24, 2.45) is 0 Å². The minimum Gasteiger partial charge on any atom is -0.465 e. The molecule has 1 amide bonds. The highest BCUT2D eigenvalue weighted by Gasteiger charge is 2.19. The Morgan fingerprint density at radius 3 is 2.30 bits per heavy atom. The summed E-state index contributed by atoms with van der Waals surface area (Å²) in [6, 6.07) is 5.77. The molecule has 7 heteroatoms.